The molecule has 5 heteroatoms. The van der Waals surface area contributed by atoms with Gasteiger partial charge in [-0.3, -0.25) is 14.5 Å². The van der Waals surface area contributed by atoms with E-state index in [4.69, 9.17) is 0 Å². The average Bonchev–Trinajstić information content (AvgIpc) is 2.67. The lowest BCUT2D eigenvalue weighted by Gasteiger charge is -2.14. The highest BCUT2D eigenvalue weighted by molar-refractivity contribution is 6.20. The number of carbonyl (C=O) groups is 2. The number of amides is 2. The predicted octanol–water partition coefficient (Wildman–Crippen LogP) is 1.30. The fourth-order valence-corrected chi connectivity index (χ4v) is 2.31. The normalized spacial score (nSPS) is 18.3. The van der Waals surface area contributed by atoms with Crippen molar-refractivity contribution in [1.29, 1.82) is 0 Å². The summed E-state index contributed by atoms with van der Waals surface area (Å²) >= 11 is 0. The van der Waals surface area contributed by atoms with E-state index in [2.05, 4.69) is 9.97 Å². The van der Waals surface area contributed by atoms with Crippen molar-refractivity contribution in [1.82, 2.24) is 14.9 Å². The highest BCUT2D eigenvalue weighted by atomic mass is 16.2. The molecule has 3 rings (SSSR count). The predicted molar refractivity (Wildman–Crippen MR) is 67.7 cm³/mol. The SMILES string of the molecule is Cc1ncc(CN2C(=O)C3=C(CCC=C3)C2=O)cn1. The van der Waals surface area contributed by atoms with Crippen LogP contribution in [0.4, 0.5) is 0 Å². The van der Waals surface area contributed by atoms with Gasteiger partial charge in [0.1, 0.15) is 5.82 Å². The van der Waals surface area contributed by atoms with Gasteiger partial charge in [-0.2, -0.15) is 0 Å². The fourth-order valence-electron chi connectivity index (χ4n) is 2.31. The molecule has 0 saturated heterocycles. The standard InChI is InChI=1S/C14H13N3O2/c1-9-15-6-10(7-16-9)8-17-13(18)11-4-2-3-5-12(11)14(17)19/h2,4,6-7H,3,5,8H2,1H3. The first-order valence-electron chi connectivity index (χ1n) is 6.20. The number of aromatic nitrogens is 2. The van der Waals surface area contributed by atoms with E-state index in [0.717, 1.165) is 12.0 Å². The summed E-state index contributed by atoms with van der Waals surface area (Å²) in [5, 5.41) is 0. The van der Waals surface area contributed by atoms with Gasteiger partial charge in [0.25, 0.3) is 11.8 Å². The monoisotopic (exact) mass is 255 g/mol. The van der Waals surface area contributed by atoms with E-state index in [9.17, 15) is 9.59 Å². The van der Waals surface area contributed by atoms with Gasteiger partial charge < -0.3 is 0 Å². The van der Waals surface area contributed by atoms with Crippen LogP contribution in [0.15, 0.2) is 35.7 Å². The van der Waals surface area contributed by atoms with E-state index in [-0.39, 0.29) is 18.4 Å². The van der Waals surface area contributed by atoms with Gasteiger partial charge in [0, 0.05) is 29.1 Å². The Morgan fingerprint density at radius 1 is 1.21 bits per heavy atom. The largest absolute Gasteiger partial charge is 0.270 e. The Bertz CT molecular complexity index is 614. The summed E-state index contributed by atoms with van der Waals surface area (Å²) in [4.78, 5) is 33.8. The summed E-state index contributed by atoms with van der Waals surface area (Å²) in [6, 6.07) is 0. The molecular weight excluding hydrogens is 242 g/mol. The minimum Gasteiger partial charge on any atom is -0.270 e. The molecule has 0 spiro atoms. The molecule has 0 bridgehead atoms. The second-order valence-electron chi connectivity index (χ2n) is 4.67. The van der Waals surface area contributed by atoms with Crippen LogP contribution >= 0.6 is 0 Å². The lowest BCUT2D eigenvalue weighted by molar-refractivity contribution is -0.138. The maximum absolute atomic E-state index is 12.2. The molecule has 2 heterocycles. The zero-order valence-electron chi connectivity index (χ0n) is 10.6. The molecule has 2 aliphatic rings. The Hall–Kier alpha value is -2.30. The van der Waals surface area contributed by atoms with Crippen molar-refractivity contribution < 1.29 is 9.59 Å². The van der Waals surface area contributed by atoms with E-state index < -0.39 is 0 Å². The van der Waals surface area contributed by atoms with E-state index in [1.807, 2.05) is 6.08 Å². The van der Waals surface area contributed by atoms with Gasteiger partial charge in [-0.1, -0.05) is 12.2 Å². The van der Waals surface area contributed by atoms with Gasteiger partial charge in [0.15, 0.2) is 0 Å². The molecule has 0 aromatic carbocycles. The van der Waals surface area contributed by atoms with Crippen molar-refractivity contribution in [3.05, 3.63) is 47.1 Å². The topological polar surface area (TPSA) is 63.2 Å². The second kappa shape index (κ2) is 4.42. The third kappa shape index (κ3) is 1.97. The molecular formula is C14H13N3O2. The average molecular weight is 255 g/mol. The molecule has 0 fully saturated rings. The minimum absolute atomic E-state index is 0.176. The van der Waals surface area contributed by atoms with Crippen molar-refractivity contribution in [3.63, 3.8) is 0 Å². The minimum atomic E-state index is -0.212. The first-order valence-corrected chi connectivity index (χ1v) is 6.20. The van der Waals surface area contributed by atoms with Crippen molar-refractivity contribution in [2.24, 2.45) is 0 Å². The molecule has 0 atom stereocenters. The van der Waals surface area contributed by atoms with Gasteiger partial charge >= 0.3 is 0 Å². The number of aryl methyl sites for hydroxylation is 1. The summed E-state index contributed by atoms with van der Waals surface area (Å²) < 4.78 is 0. The number of imide groups is 1. The molecule has 0 N–H and O–H groups in total. The molecule has 0 unspecified atom stereocenters. The lowest BCUT2D eigenvalue weighted by atomic mass is 10.00. The lowest BCUT2D eigenvalue weighted by Crippen LogP contribution is -2.31. The summed E-state index contributed by atoms with van der Waals surface area (Å²) in [6.45, 7) is 2.03. The van der Waals surface area contributed by atoms with Crippen LogP contribution in [0.1, 0.15) is 24.2 Å². The Kier molecular flexibility index (Phi) is 2.74. The summed E-state index contributed by atoms with van der Waals surface area (Å²) in [6.07, 6.45) is 8.45. The number of carbonyl (C=O) groups excluding carboxylic acids is 2. The number of hydrogen-bond donors (Lipinski definition) is 0. The van der Waals surface area contributed by atoms with Crippen molar-refractivity contribution in [3.8, 4) is 0 Å². The molecule has 2 amide bonds. The van der Waals surface area contributed by atoms with Gasteiger partial charge in [-0.15, -0.1) is 0 Å². The number of rotatable bonds is 2. The molecule has 1 aromatic rings. The summed E-state index contributed by atoms with van der Waals surface area (Å²) in [5.74, 6) is 0.282. The maximum atomic E-state index is 12.2. The number of hydrogen-bond acceptors (Lipinski definition) is 4. The van der Waals surface area contributed by atoms with Crippen LogP contribution < -0.4 is 0 Å². The zero-order valence-corrected chi connectivity index (χ0v) is 10.6. The number of allylic oxidation sites excluding steroid dienone is 1. The van der Waals surface area contributed by atoms with Gasteiger partial charge in [-0.25, -0.2) is 9.97 Å². The second-order valence-corrected chi connectivity index (χ2v) is 4.67. The third-order valence-electron chi connectivity index (χ3n) is 3.32. The van der Waals surface area contributed by atoms with Crippen molar-refractivity contribution in [2.75, 3.05) is 0 Å². The molecule has 1 aliphatic carbocycles. The third-order valence-corrected chi connectivity index (χ3v) is 3.32. The maximum Gasteiger partial charge on any atom is 0.261 e. The highest BCUT2D eigenvalue weighted by Crippen LogP contribution is 2.29. The first-order chi connectivity index (χ1) is 9.16. The van der Waals surface area contributed by atoms with Crippen LogP contribution in [0, 0.1) is 6.92 Å². The summed E-state index contributed by atoms with van der Waals surface area (Å²) in [5.41, 5.74) is 1.95. The van der Waals surface area contributed by atoms with Gasteiger partial charge in [-0.05, 0) is 19.8 Å². The van der Waals surface area contributed by atoms with Crippen LogP contribution in [-0.2, 0) is 16.1 Å². The highest BCUT2D eigenvalue weighted by Gasteiger charge is 2.37. The Morgan fingerprint density at radius 2 is 1.95 bits per heavy atom. The first kappa shape index (κ1) is 11.8. The van der Waals surface area contributed by atoms with E-state index in [0.29, 0.717) is 23.4 Å². The molecule has 1 aromatic heterocycles. The molecule has 1 aliphatic heterocycles. The Balaban J connectivity index is 1.84. The number of nitrogens with zero attached hydrogens (tertiary/aromatic N) is 3. The van der Waals surface area contributed by atoms with Crippen LogP contribution in [0.3, 0.4) is 0 Å². The Morgan fingerprint density at radius 3 is 2.63 bits per heavy atom. The zero-order chi connectivity index (χ0) is 13.4. The van der Waals surface area contributed by atoms with Crippen LogP contribution in [-0.4, -0.2) is 26.7 Å². The summed E-state index contributed by atoms with van der Waals surface area (Å²) in [7, 11) is 0. The van der Waals surface area contributed by atoms with Gasteiger partial charge in [0.2, 0.25) is 0 Å². The van der Waals surface area contributed by atoms with Gasteiger partial charge in [0.05, 0.1) is 6.54 Å². The Labute approximate surface area is 110 Å². The van der Waals surface area contributed by atoms with Crippen LogP contribution in [0.2, 0.25) is 0 Å². The van der Waals surface area contributed by atoms with Crippen molar-refractivity contribution >= 4 is 11.8 Å². The molecule has 19 heavy (non-hydrogen) atoms. The smallest absolute Gasteiger partial charge is 0.261 e. The van der Waals surface area contributed by atoms with Crippen LogP contribution in [0.25, 0.3) is 0 Å². The quantitative estimate of drug-likeness (QED) is 0.747. The molecule has 5 nitrogen and oxygen atoms in total. The van der Waals surface area contributed by atoms with Crippen LogP contribution in [0.5, 0.6) is 0 Å². The van der Waals surface area contributed by atoms with Crippen molar-refractivity contribution in [2.45, 2.75) is 26.3 Å². The fraction of sp³-hybridized carbons (Fsp3) is 0.286. The van der Waals surface area contributed by atoms with E-state index >= 15 is 0 Å². The molecule has 96 valence electrons. The van der Waals surface area contributed by atoms with E-state index in [1.165, 1.54) is 4.90 Å². The van der Waals surface area contributed by atoms with E-state index in [1.54, 1.807) is 25.4 Å². The molecule has 0 radical (unpaired) electrons. The molecule has 0 saturated carbocycles.